The summed E-state index contributed by atoms with van der Waals surface area (Å²) in [6.07, 6.45) is 0. The second-order valence-electron chi connectivity index (χ2n) is 5.22. The van der Waals surface area contributed by atoms with E-state index in [0.29, 0.717) is 30.2 Å². The number of nitriles is 1. The van der Waals surface area contributed by atoms with Gasteiger partial charge in [0.25, 0.3) is 0 Å². The van der Waals surface area contributed by atoms with E-state index >= 15 is 0 Å². The van der Waals surface area contributed by atoms with Crippen LogP contribution in [0.4, 0.5) is 4.39 Å². The lowest BCUT2D eigenvalue weighted by Gasteiger charge is -2.10. The van der Waals surface area contributed by atoms with Gasteiger partial charge in [-0.2, -0.15) is 5.26 Å². The van der Waals surface area contributed by atoms with Crippen LogP contribution in [0, 0.1) is 31.0 Å². The van der Waals surface area contributed by atoms with Gasteiger partial charge in [-0.3, -0.25) is 0 Å². The number of rotatable bonds is 5. The number of thiazole rings is 1. The van der Waals surface area contributed by atoms with Crippen molar-refractivity contribution >= 4 is 41.3 Å². The zero-order chi connectivity index (χ0) is 17.5. The molecule has 0 aliphatic carbocycles. The minimum atomic E-state index is -0.417. The lowest BCUT2D eigenvalue weighted by atomic mass is 10.1. The van der Waals surface area contributed by atoms with Gasteiger partial charge in [-0.25, -0.2) is 14.4 Å². The van der Waals surface area contributed by atoms with Gasteiger partial charge in [-0.15, -0.1) is 35.3 Å². The molecule has 1 heterocycles. The van der Waals surface area contributed by atoms with E-state index in [1.165, 1.54) is 10.9 Å². The fourth-order valence-corrected chi connectivity index (χ4v) is 2.90. The van der Waals surface area contributed by atoms with Gasteiger partial charge in [0.2, 0.25) is 0 Å². The average Bonchev–Trinajstić information content (AvgIpc) is 2.89. The van der Waals surface area contributed by atoms with E-state index in [1.807, 2.05) is 26.8 Å². The molecule has 0 aliphatic rings. The lowest BCUT2D eigenvalue weighted by molar-refractivity contribution is 0.609. The molecule has 0 spiro atoms. The van der Waals surface area contributed by atoms with Crippen molar-refractivity contribution in [2.75, 3.05) is 6.54 Å². The van der Waals surface area contributed by atoms with Crippen molar-refractivity contribution in [1.29, 1.82) is 5.26 Å². The molecule has 0 atom stereocenters. The first-order valence-corrected chi connectivity index (χ1v) is 8.48. The summed E-state index contributed by atoms with van der Waals surface area (Å²) >= 11 is 1.65. The molecule has 8 heteroatoms. The summed E-state index contributed by atoms with van der Waals surface area (Å²) in [7, 11) is 0. The first-order chi connectivity index (χ1) is 11.5. The second-order valence-corrected chi connectivity index (χ2v) is 6.50. The van der Waals surface area contributed by atoms with Crippen molar-refractivity contribution < 1.29 is 4.39 Å². The molecule has 2 N–H and O–H groups in total. The number of halogens is 2. The largest absolute Gasteiger partial charge is 0.357 e. The van der Waals surface area contributed by atoms with Crippen LogP contribution in [0.3, 0.4) is 0 Å². The Morgan fingerprint density at radius 3 is 2.68 bits per heavy atom. The van der Waals surface area contributed by atoms with Crippen molar-refractivity contribution in [3.63, 3.8) is 0 Å². The molecular formula is C17H21FIN5S. The molecule has 0 bridgehead atoms. The number of hydrogen-bond donors (Lipinski definition) is 2. The number of aromatic nitrogens is 1. The Balaban J connectivity index is 0.00000312. The number of aryl methyl sites for hydroxylation is 2. The van der Waals surface area contributed by atoms with Crippen LogP contribution in [0.15, 0.2) is 23.2 Å². The van der Waals surface area contributed by atoms with E-state index in [1.54, 1.807) is 23.5 Å². The maximum absolute atomic E-state index is 13.9. The number of nitrogens with one attached hydrogen (secondary N) is 2. The molecule has 0 saturated carbocycles. The standard InChI is InChI=1S/C17H20FN5S.HI/c1-4-20-17(22-10-16-23-11(2)12(3)24-16)21-9-14-6-5-13(8-19)7-15(14)18;/h5-7H,4,9-10H2,1-3H3,(H2,20,21,22);1H. The third-order valence-electron chi connectivity index (χ3n) is 3.41. The third-order valence-corrected chi connectivity index (χ3v) is 4.49. The summed E-state index contributed by atoms with van der Waals surface area (Å²) in [6.45, 7) is 7.48. The number of nitrogens with zero attached hydrogens (tertiary/aromatic N) is 3. The van der Waals surface area contributed by atoms with E-state index in [-0.39, 0.29) is 30.5 Å². The number of aliphatic imine (C=N–C) groups is 1. The number of benzene rings is 1. The van der Waals surface area contributed by atoms with Crippen molar-refractivity contribution in [1.82, 2.24) is 15.6 Å². The Morgan fingerprint density at radius 2 is 2.12 bits per heavy atom. The molecule has 2 aromatic rings. The number of hydrogen-bond acceptors (Lipinski definition) is 4. The maximum atomic E-state index is 13.9. The summed E-state index contributed by atoms with van der Waals surface area (Å²) in [4.78, 5) is 10.1. The molecule has 0 radical (unpaired) electrons. The molecule has 2 rings (SSSR count). The monoisotopic (exact) mass is 473 g/mol. The highest BCUT2D eigenvalue weighted by Crippen LogP contribution is 2.16. The minimum absolute atomic E-state index is 0. The fraction of sp³-hybridized carbons (Fsp3) is 0.353. The van der Waals surface area contributed by atoms with Gasteiger partial charge in [0, 0.05) is 17.0 Å². The molecule has 0 fully saturated rings. The van der Waals surface area contributed by atoms with Gasteiger partial charge in [-0.1, -0.05) is 6.07 Å². The molecule has 0 saturated heterocycles. The molecule has 0 unspecified atom stereocenters. The minimum Gasteiger partial charge on any atom is -0.357 e. The maximum Gasteiger partial charge on any atom is 0.191 e. The summed E-state index contributed by atoms with van der Waals surface area (Å²) in [5, 5.41) is 16.1. The Bertz CT molecular complexity index is 762. The van der Waals surface area contributed by atoms with Crippen LogP contribution < -0.4 is 10.6 Å². The van der Waals surface area contributed by atoms with E-state index in [4.69, 9.17) is 5.26 Å². The van der Waals surface area contributed by atoms with Gasteiger partial charge in [-0.05, 0) is 32.9 Å². The topological polar surface area (TPSA) is 73.1 Å². The quantitative estimate of drug-likeness (QED) is 0.395. The molecule has 134 valence electrons. The Hall–Kier alpha value is -1.73. The Kier molecular flexibility index (Phi) is 8.78. The molecule has 25 heavy (non-hydrogen) atoms. The summed E-state index contributed by atoms with van der Waals surface area (Å²) in [6, 6.07) is 6.33. The van der Waals surface area contributed by atoms with E-state index < -0.39 is 5.82 Å². The van der Waals surface area contributed by atoms with Gasteiger partial charge in [0.05, 0.1) is 30.4 Å². The predicted molar refractivity (Wildman–Crippen MR) is 110 cm³/mol. The van der Waals surface area contributed by atoms with Gasteiger partial charge >= 0.3 is 0 Å². The van der Waals surface area contributed by atoms with E-state index in [9.17, 15) is 4.39 Å². The van der Waals surface area contributed by atoms with Crippen molar-refractivity contribution in [2.45, 2.75) is 33.9 Å². The third kappa shape index (κ3) is 6.25. The van der Waals surface area contributed by atoms with Gasteiger partial charge in [0.1, 0.15) is 10.8 Å². The molecule has 1 aromatic carbocycles. The zero-order valence-corrected chi connectivity index (χ0v) is 17.5. The SMILES string of the molecule is CCNC(=NCc1ccc(C#N)cc1F)NCc1nc(C)c(C)s1.I. The van der Waals surface area contributed by atoms with Crippen LogP contribution in [0.5, 0.6) is 0 Å². The van der Waals surface area contributed by atoms with Crippen molar-refractivity contribution in [2.24, 2.45) is 4.99 Å². The molecule has 0 amide bonds. The zero-order valence-electron chi connectivity index (χ0n) is 14.4. The highest BCUT2D eigenvalue weighted by Gasteiger charge is 2.06. The molecular weight excluding hydrogens is 452 g/mol. The number of guanidine groups is 1. The summed E-state index contributed by atoms with van der Waals surface area (Å²) in [5.41, 5.74) is 1.80. The average molecular weight is 473 g/mol. The van der Waals surface area contributed by atoms with Crippen LogP contribution in [-0.2, 0) is 13.1 Å². The predicted octanol–water partition coefficient (Wildman–Crippen LogP) is 3.64. The lowest BCUT2D eigenvalue weighted by Crippen LogP contribution is -2.36. The van der Waals surface area contributed by atoms with Crippen molar-refractivity contribution in [3.8, 4) is 6.07 Å². The van der Waals surface area contributed by atoms with Gasteiger partial charge in [0.15, 0.2) is 5.96 Å². The summed E-state index contributed by atoms with van der Waals surface area (Å²) in [5.74, 6) is 0.187. The molecule has 1 aromatic heterocycles. The van der Waals surface area contributed by atoms with Crippen molar-refractivity contribution in [3.05, 3.63) is 50.7 Å². The summed E-state index contributed by atoms with van der Waals surface area (Å²) < 4.78 is 13.9. The van der Waals surface area contributed by atoms with Crippen LogP contribution in [0.25, 0.3) is 0 Å². The van der Waals surface area contributed by atoms with Crippen LogP contribution in [-0.4, -0.2) is 17.5 Å². The highest BCUT2D eigenvalue weighted by atomic mass is 127. The normalized spacial score (nSPS) is 10.8. The van der Waals surface area contributed by atoms with Gasteiger partial charge < -0.3 is 10.6 Å². The fourth-order valence-electron chi connectivity index (χ4n) is 2.03. The smallest absolute Gasteiger partial charge is 0.191 e. The van der Waals surface area contributed by atoms with E-state index in [0.717, 1.165) is 10.7 Å². The van der Waals surface area contributed by atoms with Crippen LogP contribution in [0.1, 0.15) is 33.6 Å². The first-order valence-electron chi connectivity index (χ1n) is 7.67. The second kappa shape index (κ2) is 10.3. The molecule has 0 aliphatic heterocycles. The Morgan fingerprint density at radius 1 is 1.36 bits per heavy atom. The van der Waals surface area contributed by atoms with Crippen LogP contribution in [0.2, 0.25) is 0 Å². The highest BCUT2D eigenvalue weighted by molar-refractivity contribution is 14.0. The van der Waals surface area contributed by atoms with E-state index in [2.05, 4.69) is 20.6 Å². The molecule has 5 nitrogen and oxygen atoms in total. The van der Waals surface area contributed by atoms with Crippen LogP contribution >= 0.6 is 35.3 Å². The Labute approximate surface area is 168 Å². The first kappa shape index (κ1) is 21.3.